The first-order valence-corrected chi connectivity index (χ1v) is 8.44. The van der Waals surface area contributed by atoms with Crippen molar-refractivity contribution >= 4 is 27.2 Å². The summed E-state index contributed by atoms with van der Waals surface area (Å²) >= 11 is 0. The van der Waals surface area contributed by atoms with Gasteiger partial charge in [-0.3, -0.25) is 4.79 Å². The summed E-state index contributed by atoms with van der Waals surface area (Å²) in [6.07, 6.45) is 2.23. The second-order valence-corrected chi connectivity index (χ2v) is 7.16. The topological polar surface area (TPSA) is 79.4 Å². The molecule has 1 aliphatic rings. The van der Waals surface area contributed by atoms with Gasteiger partial charge in [-0.15, -0.1) is 0 Å². The zero-order chi connectivity index (χ0) is 14.8. The first-order chi connectivity index (χ1) is 9.41. The number of aromatic nitrogens is 1. The Balaban J connectivity index is 2.14. The smallest absolute Gasteiger partial charge is 0.221 e. The van der Waals surface area contributed by atoms with E-state index in [0.717, 1.165) is 5.82 Å². The van der Waals surface area contributed by atoms with Crippen LogP contribution in [0.5, 0.6) is 0 Å². The van der Waals surface area contributed by atoms with E-state index >= 15 is 0 Å². The maximum absolute atomic E-state index is 11.6. The molecule has 2 heterocycles. The van der Waals surface area contributed by atoms with Gasteiger partial charge in [0.25, 0.3) is 0 Å². The molecule has 0 radical (unpaired) electrons. The summed E-state index contributed by atoms with van der Waals surface area (Å²) < 4.78 is 23.1. The Morgan fingerprint density at radius 2 is 2.25 bits per heavy atom. The number of anilines is 2. The highest BCUT2D eigenvalue weighted by molar-refractivity contribution is 7.91. The first-order valence-electron chi connectivity index (χ1n) is 6.62. The van der Waals surface area contributed by atoms with Crippen LogP contribution in [0.1, 0.15) is 20.3 Å². The van der Waals surface area contributed by atoms with Crippen LogP contribution in [0, 0.1) is 0 Å². The fraction of sp³-hybridized carbons (Fsp3) is 0.538. The second kappa shape index (κ2) is 5.78. The third-order valence-corrected chi connectivity index (χ3v) is 5.10. The van der Waals surface area contributed by atoms with Crippen molar-refractivity contribution in [2.45, 2.75) is 26.3 Å². The van der Waals surface area contributed by atoms with Crippen molar-refractivity contribution in [3.63, 3.8) is 0 Å². The molecule has 1 fully saturated rings. The third kappa shape index (κ3) is 3.47. The average molecular weight is 297 g/mol. The summed E-state index contributed by atoms with van der Waals surface area (Å²) in [4.78, 5) is 17.3. The van der Waals surface area contributed by atoms with Gasteiger partial charge in [-0.05, 0) is 25.5 Å². The number of rotatable bonds is 4. The van der Waals surface area contributed by atoms with Crippen LogP contribution < -0.4 is 10.2 Å². The first kappa shape index (κ1) is 14.8. The second-order valence-electron chi connectivity index (χ2n) is 4.93. The minimum Gasteiger partial charge on any atom is -0.353 e. The molecular formula is C13H19N3O3S. The molecule has 0 aromatic carbocycles. The molecule has 0 aliphatic carbocycles. The lowest BCUT2D eigenvalue weighted by Crippen LogP contribution is -2.36. The maximum atomic E-state index is 11.6. The molecule has 0 spiro atoms. The van der Waals surface area contributed by atoms with Crippen molar-refractivity contribution in [3.05, 3.63) is 18.3 Å². The van der Waals surface area contributed by atoms with Gasteiger partial charge in [-0.1, -0.05) is 0 Å². The number of sulfone groups is 1. The van der Waals surface area contributed by atoms with Crippen LogP contribution >= 0.6 is 0 Å². The Morgan fingerprint density at radius 3 is 2.70 bits per heavy atom. The summed E-state index contributed by atoms with van der Waals surface area (Å²) in [5, 5.41) is 2.66. The van der Waals surface area contributed by atoms with Gasteiger partial charge in [-0.25, -0.2) is 13.4 Å². The molecular weight excluding hydrogens is 278 g/mol. The van der Waals surface area contributed by atoms with Gasteiger partial charge in [0.2, 0.25) is 5.91 Å². The van der Waals surface area contributed by atoms with Gasteiger partial charge in [-0.2, -0.15) is 0 Å². The molecule has 1 unspecified atom stereocenters. The minimum absolute atomic E-state index is 0.0101. The summed E-state index contributed by atoms with van der Waals surface area (Å²) in [5.74, 6) is 1.03. The predicted octanol–water partition coefficient (Wildman–Crippen LogP) is 1.05. The molecule has 0 bridgehead atoms. The summed E-state index contributed by atoms with van der Waals surface area (Å²) in [7, 11) is -2.91. The van der Waals surface area contributed by atoms with Gasteiger partial charge in [0.15, 0.2) is 9.84 Å². The van der Waals surface area contributed by atoms with E-state index in [9.17, 15) is 13.2 Å². The Labute approximate surface area is 119 Å². The number of carbonyl (C=O) groups is 1. The van der Waals surface area contributed by atoms with Gasteiger partial charge in [0, 0.05) is 19.5 Å². The predicted molar refractivity (Wildman–Crippen MR) is 78.6 cm³/mol. The molecule has 1 amide bonds. The van der Waals surface area contributed by atoms with Crippen molar-refractivity contribution in [2.75, 3.05) is 28.3 Å². The number of hydrogen-bond acceptors (Lipinski definition) is 5. The Kier molecular flexibility index (Phi) is 4.27. The Hall–Kier alpha value is -1.63. The normalized spacial score (nSPS) is 20.6. The summed E-state index contributed by atoms with van der Waals surface area (Å²) in [6.45, 7) is 4.12. The lowest BCUT2D eigenvalue weighted by atomic mass is 10.2. The summed E-state index contributed by atoms with van der Waals surface area (Å²) in [6, 6.07) is 3.57. The number of pyridine rings is 1. The molecule has 1 saturated heterocycles. The van der Waals surface area contributed by atoms with Gasteiger partial charge in [0.05, 0.1) is 23.4 Å². The van der Waals surface area contributed by atoms with Crippen LogP contribution in [-0.4, -0.2) is 43.4 Å². The molecule has 1 N–H and O–H groups in total. The zero-order valence-corrected chi connectivity index (χ0v) is 12.5. The van der Waals surface area contributed by atoms with E-state index in [4.69, 9.17) is 0 Å². The zero-order valence-electron chi connectivity index (χ0n) is 11.7. The molecule has 1 aliphatic heterocycles. The van der Waals surface area contributed by atoms with Crippen LogP contribution in [-0.2, 0) is 14.6 Å². The molecule has 7 heteroatoms. The van der Waals surface area contributed by atoms with Crippen molar-refractivity contribution in [1.29, 1.82) is 0 Å². The van der Waals surface area contributed by atoms with E-state index in [-0.39, 0.29) is 23.5 Å². The van der Waals surface area contributed by atoms with Crippen LogP contribution in [0.2, 0.25) is 0 Å². The van der Waals surface area contributed by atoms with Crippen LogP contribution in [0.15, 0.2) is 18.3 Å². The maximum Gasteiger partial charge on any atom is 0.221 e. The van der Waals surface area contributed by atoms with Crippen LogP contribution in [0.25, 0.3) is 0 Å². The molecule has 1 atom stereocenters. The van der Waals surface area contributed by atoms with Crippen molar-refractivity contribution in [1.82, 2.24) is 4.98 Å². The van der Waals surface area contributed by atoms with Crippen molar-refractivity contribution < 1.29 is 13.2 Å². The molecule has 2 rings (SSSR count). The third-order valence-electron chi connectivity index (χ3n) is 3.35. The highest BCUT2D eigenvalue weighted by Crippen LogP contribution is 2.23. The SMILES string of the molecule is CCN(c1ccc(NC(C)=O)cn1)C1CCS(=O)(=O)C1. The van der Waals surface area contributed by atoms with Crippen molar-refractivity contribution in [3.8, 4) is 0 Å². The highest BCUT2D eigenvalue weighted by Gasteiger charge is 2.32. The van der Waals surface area contributed by atoms with E-state index < -0.39 is 9.84 Å². The highest BCUT2D eigenvalue weighted by atomic mass is 32.2. The monoisotopic (exact) mass is 297 g/mol. The Bertz CT molecular complexity index is 583. The number of amides is 1. The molecule has 1 aromatic heterocycles. The quantitative estimate of drug-likeness (QED) is 0.898. The summed E-state index contributed by atoms with van der Waals surface area (Å²) in [5.41, 5.74) is 0.636. The van der Waals surface area contributed by atoms with Gasteiger partial charge < -0.3 is 10.2 Å². The van der Waals surface area contributed by atoms with Crippen LogP contribution in [0.3, 0.4) is 0 Å². The molecule has 110 valence electrons. The lowest BCUT2D eigenvalue weighted by molar-refractivity contribution is -0.114. The fourth-order valence-electron chi connectivity index (χ4n) is 2.46. The molecule has 1 aromatic rings. The number of nitrogens with one attached hydrogen (secondary N) is 1. The van der Waals surface area contributed by atoms with E-state index in [1.165, 1.54) is 6.92 Å². The molecule has 6 nitrogen and oxygen atoms in total. The van der Waals surface area contributed by atoms with Gasteiger partial charge >= 0.3 is 0 Å². The fourth-order valence-corrected chi connectivity index (χ4v) is 4.19. The van der Waals surface area contributed by atoms with E-state index in [2.05, 4.69) is 10.3 Å². The number of hydrogen-bond donors (Lipinski definition) is 1. The van der Waals surface area contributed by atoms with Crippen LogP contribution in [0.4, 0.5) is 11.5 Å². The standard InChI is InChI=1S/C13H19N3O3S/c1-3-16(12-6-7-20(18,19)9-12)13-5-4-11(8-14-13)15-10(2)17/h4-5,8,12H,3,6-7,9H2,1-2H3,(H,15,17). The van der Waals surface area contributed by atoms with E-state index in [1.54, 1.807) is 18.3 Å². The largest absolute Gasteiger partial charge is 0.353 e. The number of nitrogens with zero attached hydrogens (tertiary/aromatic N) is 2. The van der Waals surface area contributed by atoms with Gasteiger partial charge in [0.1, 0.15) is 5.82 Å². The minimum atomic E-state index is -2.91. The lowest BCUT2D eigenvalue weighted by Gasteiger charge is -2.28. The van der Waals surface area contributed by atoms with E-state index in [1.807, 2.05) is 11.8 Å². The Morgan fingerprint density at radius 1 is 1.50 bits per heavy atom. The molecule has 0 saturated carbocycles. The number of carbonyl (C=O) groups excluding carboxylic acids is 1. The molecule has 20 heavy (non-hydrogen) atoms. The van der Waals surface area contributed by atoms with Crippen molar-refractivity contribution in [2.24, 2.45) is 0 Å². The average Bonchev–Trinajstić information content (AvgIpc) is 2.72. The van der Waals surface area contributed by atoms with E-state index in [0.29, 0.717) is 18.7 Å².